The van der Waals surface area contributed by atoms with E-state index in [4.69, 9.17) is 9.73 Å². The molecule has 8 heteroatoms. The third-order valence-electron chi connectivity index (χ3n) is 5.22. The fourth-order valence-electron chi connectivity index (χ4n) is 3.58. The van der Waals surface area contributed by atoms with Crippen LogP contribution in [-0.4, -0.2) is 74.9 Å². The van der Waals surface area contributed by atoms with Crippen molar-refractivity contribution in [3.05, 3.63) is 29.8 Å². The lowest BCUT2D eigenvalue weighted by Crippen LogP contribution is -2.47. The maximum absolute atomic E-state index is 11.7. The first-order chi connectivity index (χ1) is 13.4. The second kappa shape index (κ2) is 9.71. The molecule has 1 N–H and O–H groups in total. The minimum absolute atomic E-state index is 0.194. The summed E-state index contributed by atoms with van der Waals surface area (Å²) in [5, 5.41) is 3.78. The number of nitrogens with zero attached hydrogens (tertiary/aromatic N) is 2. The molecule has 0 amide bonds. The lowest BCUT2D eigenvalue weighted by Gasteiger charge is -2.36. The van der Waals surface area contributed by atoms with Crippen LogP contribution < -0.4 is 5.32 Å². The largest absolute Gasteiger partial charge is 0.353 e. The minimum atomic E-state index is -3.19. The molecule has 2 unspecified atom stereocenters. The highest BCUT2D eigenvalue weighted by atomic mass is 32.2. The first-order valence-electron chi connectivity index (χ1n) is 9.94. The number of ether oxygens (including phenoxy) is 1. The van der Waals surface area contributed by atoms with Gasteiger partial charge < -0.3 is 10.1 Å². The summed E-state index contributed by atoms with van der Waals surface area (Å²) in [7, 11) is -3.19. The average Bonchev–Trinajstić information content (AvgIpc) is 3.19. The van der Waals surface area contributed by atoms with Crippen molar-refractivity contribution in [2.75, 3.05) is 38.2 Å². The maximum atomic E-state index is 11.7. The van der Waals surface area contributed by atoms with Crippen LogP contribution in [0, 0.1) is 0 Å². The molecule has 1 saturated heterocycles. The van der Waals surface area contributed by atoms with Gasteiger partial charge in [-0.3, -0.25) is 9.89 Å². The quantitative estimate of drug-likeness (QED) is 0.690. The molecule has 2 aliphatic heterocycles. The lowest BCUT2D eigenvalue weighted by atomic mass is 10.1. The number of aliphatic imine (C=N–C) groups is 1. The summed E-state index contributed by atoms with van der Waals surface area (Å²) < 4.78 is 29.6. The summed E-state index contributed by atoms with van der Waals surface area (Å²) in [6, 6.07) is 7.49. The van der Waals surface area contributed by atoms with Crippen LogP contribution in [-0.2, 0) is 14.6 Å². The molecule has 2 aliphatic rings. The summed E-state index contributed by atoms with van der Waals surface area (Å²) in [6.45, 7) is 7.69. The van der Waals surface area contributed by atoms with E-state index in [0.29, 0.717) is 22.9 Å². The predicted molar refractivity (Wildman–Crippen MR) is 116 cm³/mol. The van der Waals surface area contributed by atoms with Gasteiger partial charge in [-0.05, 0) is 31.0 Å². The standard InChI is InChI=1S/C20H31N3O3S2/c1-4-5-15(2)23-12-18(16-6-8-17(9-7-16)28(3,24)25)22-19(13-23)26-14-20-21-10-11-27-20/h6-9,15,19-21H,4-5,10-14H2,1-3H3/t15-,19?,20?/m0/s1. The summed E-state index contributed by atoms with van der Waals surface area (Å²) in [5.41, 5.74) is 1.93. The zero-order chi connectivity index (χ0) is 20.1. The Morgan fingerprint density at radius 2 is 2.11 bits per heavy atom. The molecule has 0 bridgehead atoms. The van der Waals surface area contributed by atoms with Gasteiger partial charge in [-0.15, -0.1) is 11.8 Å². The van der Waals surface area contributed by atoms with E-state index >= 15 is 0 Å². The molecule has 1 aromatic rings. The zero-order valence-electron chi connectivity index (χ0n) is 16.9. The van der Waals surface area contributed by atoms with E-state index in [-0.39, 0.29) is 6.23 Å². The SMILES string of the molecule is CCC[C@H](C)N1CC(c2ccc(S(C)(=O)=O)cc2)=NC(OCC2NCCS2)C1. The smallest absolute Gasteiger partial charge is 0.175 e. The van der Waals surface area contributed by atoms with Gasteiger partial charge in [0.15, 0.2) is 16.1 Å². The second-order valence-electron chi connectivity index (χ2n) is 7.54. The van der Waals surface area contributed by atoms with E-state index in [1.807, 2.05) is 23.9 Å². The number of nitrogens with one attached hydrogen (secondary N) is 1. The number of rotatable bonds is 8. The molecule has 3 rings (SSSR count). The Morgan fingerprint density at radius 3 is 2.71 bits per heavy atom. The lowest BCUT2D eigenvalue weighted by molar-refractivity contribution is 0.0183. The molecular weight excluding hydrogens is 394 g/mol. The predicted octanol–water partition coefficient (Wildman–Crippen LogP) is 2.39. The van der Waals surface area contributed by atoms with Gasteiger partial charge in [0.2, 0.25) is 0 Å². The summed E-state index contributed by atoms with van der Waals surface area (Å²) in [4.78, 5) is 7.62. The van der Waals surface area contributed by atoms with Gasteiger partial charge in [-0.1, -0.05) is 25.5 Å². The molecule has 0 spiro atoms. The van der Waals surface area contributed by atoms with Crippen LogP contribution in [0.1, 0.15) is 32.3 Å². The average molecular weight is 426 g/mol. The third-order valence-corrected chi connectivity index (χ3v) is 7.50. The number of hydrogen-bond donors (Lipinski definition) is 1. The molecule has 3 atom stereocenters. The van der Waals surface area contributed by atoms with Gasteiger partial charge >= 0.3 is 0 Å². The number of thioether (sulfide) groups is 1. The Labute approximate surface area is 173 Å². The molecule has 0 saturated carbocycles. The Bertz CT molecular complexity index is 774. The van der Waals surface area contributed by atoms with Crippen LogP contribution in [0.4, 0.5) is 0 Å². The molecule has 0 radical (unpaired) electrons. The molecular formula is C20H31N3O3S2. The summed E-state index contributed by atoms with van der Waals surface area (Å²) >= 11 is 1.89. The Hall–Kier alpha value is -0.930. The first kappa shape index (κ1) is 21.8. The van der Waals surface area contributed by atoms with Crippen LogP contribution in [0.3, 0.4) is 0 Å². The molecule has 6 nitrogen and oxygen atoms in total. The highest BCUT2D eigenvalue weighted by molar-refractivity contribution is 8.00. The van der Waals surface area contributed by atoms with Gasteiger partial charge in [0.05, 0.1) is 22.6 Å². The van der Waals surface area contributed by atoms with Crippen LogP contribution >= 0.6 is 11.8 Å². The normalized spacial score (nSPS) is 24.9. The van der Waals surface area contributed by atoms with E-state index in [1.54, 1.807) is 12.1 Å². The molecule has 0 aromatic heterocycles. The maximum Gasteiger partial charge on any atom is 0.175 e. The summed E-state index contributed by atoms with van der Waals surface area (Å²) in [6.07, 6.45) is 3.31. The monoisotopic (exact) mass is 425 g/mol. The van der Waals surface area contributed by atoms with Crippen molar-refractivity contribution in [2.24, 2.45) is 4.99 Å². The van der Waals surface area contributed by atoms with E-state index in [2.05, 4.69) is 24.1 Å². The number of benzene rings is 1. The van der Waals surface area contributed by atoms with Crippen LogP contribution in [0.2, 0.25) is 0 Å². The number of hydrogen-bond acceptors (Lipinski definition) is 7. The van der Waals surface area contributed by atoms with Gasteiger partial charge in [-0.2, -0.15) is 0 Å². The van der Waals surface area contributed by atoms with Gasteiger partial charge in [0, 0.05) is 37.7 Å². The van der Waals surface area contributed by atoms with Crippen molar-refractivity contribution in [1.82, 2.24) is 10.2 Å². The van der Waals surface area contributed by atoms with E-state index < -0.39 is 9.84 Å². The second-order valence-corrected chi connectivity index (χ2v) is 10.9. The third kappa shape index (κ3) is 5.79. The van der Waals surface area contributed by atoms with E-state index in [0.717, 1.165) is 49.5 Å². The van der Waals surface area contributed by atoms with Crippen LogP contribution in [0.25, 0.3) is 0 Å². The van der Waals surface area contributed by atoms with Crippen molar-refractivity contribution in [3.8, 4) is 0 Å². The molecule has 156 valence electrons. The highest BCUT2D eigenvalue weighted by Gasteiger charge is 2.27. The molecule has 2 heterocycles. The Kier molecular flexibility index (Phi) is 7.55. The Balaban J connectivity index is 1.77. The minimum Gasteiger partial charge on any atom is -0.353 e. The molecule has 1 aromatic carbocycles. The van der Waals surface area contributed by atoms with Gasteiger partial charge in [0.1, 0.15) is 0 Å². The topological polar surface area (TPSA) is 71.0 Å². The number of sulfone groups is 1. The highest BCUT2D eigenvalue weighted by Crippen LogP contribution is 2.20. The van der Waals surface area contributed by atoms with Crippen molar-refractivity contribution in [3.63, 3.8) is 0 Å². The van der Waals surface area contributed by atoms with Crippen molar-refractivity contribution >= 4 is 27.3 Å². The van der Waals surface area contributed by atoms with Crippen LogP contribution in [0.5, 0.6) is 0 Å². The molecule has 1 fully saturated rings. The summed E-state index contributed by atoms with van der Waals surface area (Å²) in [5.74, 6) is 1.12. The van der Waals surface area contributed by atoms with Crippen molar-refractivity contribution in [1.29, 1.82) is 0 Å². The first-order valence-corrected chi connectivity index (χ1v) is 12.9. The molecule has 28 heavy (non-hydrogen) atoms. The zero-order valence-corrected chi connectivity index (χ0v) is 18.6. The molecule has 0 aliphatic carbocycles. The van der Waals surface area contributed by atoms with Crippen LogP contribution in [0.15, 0.2) is 34.2 Å². The van der Waals surface area contributed by atoms with Gasteiger partial charge in [0.25, 0.3) is 0 Å². The van der Waals surface area contributed by atoms with E-state index in [1.165, 1.54) is 6.26 Å². The van der Waals surface area contributed by atoms with E-state index in [9.17, 15) is 8.42 Å². The van der Waals surface area contributed by atoms with Gasteiger partial charge in [-0.25, -0.2) is 8.42 Å². The Morgan fingerprint density at radius 1 is 1.36 bits per heavy atom. The fourth-order valence-corrected chi connectivity index (χ4v) is 5.15. The van der Waals surface area contributed by atoms with Crippen molar-refractivity contribution < 1.29 is 13.2 Å². The fraction of sp³-hybridized carbons (Fsp3) is 0.650. The van der Waals surface area contributed by atoms with Crippen molar-refractivity contribution in [2.45, 2.75) is 49.2 Å².